The zero-order chi connectivity index (χ0) is 19.9. The second-order valence-corrected chi connectivity index (χ2v) is 6.03. The minimum Gasteiger partial charge on any atom is -0.497 e. The van der Waals surface area contributed by atoms with E-state index in [9.17, 15) is 9.59 Å². The first kappa shape index (κ1) is 19.2. The third-order valence-corrected chi connectivity index (χ3v) is 4.19. The van der Waals surface area contributed by atoms with Crippen molar-refractivity contribution in [3.63, 3.8) is 0 Å². The molecule has 3 aromatic rings. The van der Waals surface area contributed by atoms with Crippen molar-refractivity contribution in [2.24, 2.45) is 0 Å². The molecule has 0 bridgehead atoms. The summed E-state index contributed by atoms with van der Waals surface area (Å²) >= 11 is 0. The van der Waals surface area contributed by atoms with Crippen LogP contribution in [0.1, 0.15) is 5.56 Å². The van der Waals surface area contributed by atoms with Crippen molar-refractivity contribution in [1.29, 1.82) is 0 Å². The predicted octanol–water partition coefficient (Wildman–Crippen LogP) is 2.24. The molecule has 1 N–H and O–H groups in total. The van der Waals surface area contributed by atoms with Crippen molar-refractivity contribution < 1.29 is 14.3 Å². The quantitative estimate of drug-likeness (QED) is 0.681. The summed E-state index contributed by atoms with van der Waals surface area (Å²) in [6.07, 6.45) is 0. The fourth-order valence-electron chi connectivity index (χ4n) is 2.73. The molecule has 0 aliphatic heterocycles. The van der Waals surface area contributed by atoms with Gasteiger partial charge in [0, 0.05) is 23.7 Å². The van der Waals surface area contributed by atoms with Crippen LogP contribution in [0.2, 0.25) is 0 Å². The summed E-state index contributed by atoms with van der Waals surface area (Å²) in [5.74, 6) is 0.977. The molecule has 0 radical (unpaired) electrons. The van der Waals surface area contributed by atoms with Crippen molar-refractivity contribution in [1.82, 2.24) is 15.1 Å². The Morgan fingerprint density at radius 1 is 1.04 bits per heavy atom. The summed E-state index contributed by atoms with van der Waals surface area (Å²) in [6, 6.07) is 17.9. The molecule has 0 aliphatic carbocycles. The first-order valence-electron chi connectivity index (χ1n) is 8.72. The number of nitrogens with one attached hydrogen (secondary N) is 1. The topological polar surface area (TPSA) is 82.4 Å². The molecule has 7 heteroatoms. The van der Waals surface area contributed by atoms with Crippen LogP contribution in [0.4, 0.5) is 0 Å². The van der Waals surface area contributed by atoms with Crippen LogP contribution < -0.4 is 20.3 Å². The second kappa shape index (κ2) is 8.85. The first-order valence-corrected chi connectivity index (χ1v) is 8.72. The Morgan fingerprint density at radius 2 is 1.82 bits per heavy atom. The van der Waals surface area contributed by atoms with E-state index in [1.165, 1.54) is 6.07 Å². The second-order valence-electron chi connectivity index (χ2n) is 6.03. The molecule has 1 amide bonds. The fraction of sp³-hybridized carbons (Fsp3) is 0.190. The molecular formula is C21H21N3O4. The van der Waals surface area contributed by atoms with Crippen LogP contribution >= 0.6 is 0 Å². The molecule has 0 unspecified atom stereocenters. The summed E-state index contributed by atoms with van der Waals surface area (Å²) in [4.78, 5) is 24.4. The van der Waals surface area contributed by atoms with Gasteiger partial charge in [-0.2, -0.15) is 5.10 Å². The molecule has 0 spiro atoms. The molecule has 2 aromatic carbocycles. The summed E-state index contributed by atoms with van der Waals surface area (Å²) in [5.41, 5.74) is 1.93. The highest BCUT2D eigenvalue weighted by atomic mass is 16.5. The van der Waals surface area contributed by atoms with E-state index in [1.54, 1.807) is 38.5 Å². The Balaban J connectivity index is 1.71. The van der Waals surface area contributed by atoms with Crippen molar-refractivity contribution in [2.45, 2.75) is 13.1 Å². The lowest BCUT2D eigenvalue weighted by Crippen LogP contribution is -2.33. The fourth-order valence-corrected chi connectivity index (χ4v) is 2.73. The van der Waals surface area contributed by atoms with Crippen molar-refractivity contribution in [3.05, 3.63) is 76.6 Å². The lowest BCUT2D eigenvalue weighted by Gasteiger charge is -2.12. The van der Waals surface area contributed by atoms with Gasteiger partial charge in [0.15, 0.2) is 0 Å². The minimum atomic E-state index is -0.339. The van der Waals surface area contributed by atoms with E-state index >= 15 is 0 Å². The van der Waals surface area contributed by atoms with Crippen molar-refractivity contribution in [2.75, 3.05) is 14.2 Å². The van der Waals surface area contributed by atoms with Gasteiger partial charge in [0.05, 0.1) is 19.9 Å². The number of ether oxygens (including phenoxy) is 2. The summed E-state index contributed by atoms with van der Waals surface area (Å²) in [6.45, 7) is 0.0676. The van der Waals surface area contributed by atoms with Crippen LogP contribution in [0.15, 0.2) is 65.5 Å². The van der Waals surface area contributed by atoms with Crippen molar-refractivity contribution in [3.8, 4) is 22.8 Å². The molecule has 28 heavy (non-hydrogen) atoms. The van der Waals surface area contributed by atoms with Gasteiger partial charge >= 0.3 is 0 Å². The van der Waals surface area contributed by atoms with Crippen LogP contribution in [0.5, 0.6) is 11.5 Å². The zero-order valence-corrected chi connectivity index (χ0v) is 15.7. The maximum atomic E-state index is 12.4. The van der Waals surface area contributed by atoms with Crippen LogP contribution in [0.25, 0.3) is 11.3 Å². The third-order valence-electron chi connectivity index (χ3n) is 4.19. The van der Waals surface area contributed by atoms with Crippen molar-refractivity contribution >= 4 is 5.91 Å². The van der Waals surface area contributed by atoms with E-state index in [4.69, 9.17) is 9.47 Å². The largest absolute Gasteiger partial charge is 0.497 e. The average Bonchev–Trinajstić information content (AvgIpc) is 2.74. The van der Waals surface area contributed by atoms with E-state index < -0.39 is 0 Å². The van der Waals surface area contributed by atoms with E-state index in [-0.39, 0.29) is 24.6 Å². The molecule has 144 valence electrons. The zero-order valence-electron chi connectivity index (χ0n) is 15.7. The number of aromatic nitrogens is 2. The molecular weight excluding hydrogens is 358 g/mol. The van der Waals surface area contributed by atoms with E-state index in [0.717, 1.165) is 15.8 Å². The van der Waals surface area contributed by atoms with E-state index in [0.29, 0.717) is 17.2 Å². The summed E-state index contributed by atoms with van der Waals surface area (Å²) < 4.78 is 11.7. The summed E-state index contributed by atoms with van der Waals surface area (Å²) in [7, 11) is 3.13. The number of hydrogen-bond acceptors (Lipinski definition) is 5. The number of carbonyl (C=O) groups is 1. The van der Waals surface area contributed by atoms with Crippen LogP contribution in [-0.2, 0) is 17.9 Å². The SMILES string of the molecule is COc1ccc(OC)c(CNC(=O)Cn2nc(-c3ccccc3)ccc2=O)c1. The van der Waals surface area contributed by atoms with Crippen LogP contribution in [-0.4, -0.2) is 29.9 Å². The van der Waals surface area contributed by atoms with Gasteiger partial charge < -0.3 is 14.8 Å². The third kappa shape index (κ3) is 4.56. The van der Waals surface area contributed by atoms with E-state index in [1.807, 2.05) is 30.3 Å². The number of nitrogens with zero attached hydrogens (tertiary/aromatic N) is 2. The van der Waals surface area contributed by atoms with Crippen LogP contribution in [0.3, 0.4) is 0 Å². The highest BCUT2D eigenvalue weighted by Gasteiger charge is 2.10. The van der Waals surface area contributed by atoms with Gasteiger partial charge in [0.2, 0.25) is 5.91 Å². The smallest absolute Gasteiger partial charge is 0.267 e. The number of amides is 1. The normalized spacial score (nSPS) is 10.4. The Kier molecular flexibility index (Phi) is 6.06. The molecule has 0 atom stereocenters. The monoisotopic (exact) mass is 379 g/mol. The Labute approximate surface area is 162 Å². The van der Waals surface area contributed by atoms with Gasteiger partial charge in [-0.3, -0.25) is 9.59 Å². The standard InChI is InChI=1S/C21H21N3O4/c1-27-17-8-10-19(28-2)16(12-17)13-22-20(25)14-24-21(26)11-9-18(23-24)15-6-4-3-5-7-15/h3-12H,13-14H2,1-2H3,(H,22,25). The Hall–Kier alpha value is -3.61. The van der Waals surface area contributed by atoms with Crippen LogP contribution in [0, 0.1) is 0 Å². The summed E-state index contributed by atoms with van der Waals surface area (Å²) in [5, 5.41) is 7.08. The number of methoxy groups -OCH3 is 2. The first-order chi connectivity index (χ1) is 13.6. The number of hydrogen-bond donors (Lipinski definition) is 1. The van der Waals surface area contributed by atoms with E-state index in [2.05, 4.69) is 10.4 Å². The van der Waals surface area contributed by atoms with Gasteiger partial charge in [-0.25, -0.2) is 4.68 Å². The lowest BCUT2D eigenvalue weighted by molar-refractivity contribution is -0.122. The Morgan fingerprint density at radius 3 is 2.54 bits per heavy atom. The minimum absolute atomic E-state index is 0.175. The maximum Gasteiger partial charge on any atom is 0.267 e. The lowest BCUT2D eigenvalue weighted by atomic mass is 10.1. The number of rotatable bonds is 7. The van der Waals surface area contributed by atoms with Gasteiger partial charge in [-0.05, 0) is 24.3 Å². The number of carbonyl (C=O) groups excluding carboxylic acids is 1. The molecule has 0 saturated heterocycles. The maximum absolute atomic E-state index is 12.4. The molecule has 0 fully saturated rings. The van der Waals surface area contributed by atoms with Gasteiger partial charge in [0.25, 0.3) is 5.56 Å². The molecule has 0 saturated carbocycles. The Bertz CT molecular complexity index is 1020. The molecule has 0 aliphatic rings. The average molecular weight is 379 g/mol. The molecule has 1 aromatic heterocycles. The molecule has 7 nitrogen and oxygen atoms in total. The predicted molar refractivity (Wildman–Crippen MR) is 105 cm³/mol. The number of benzene rings is 2. The highest BCUT2D eigenvalue weighted by Crippen LogP contribution is 2.23. The molecule has 3 rings (SSSR count). The van der Waals surface area contributed by atoms with Gasteiger partial charge in [-0.15, -0.1) is 0 Å². The van der Waals surface area contributed by atoms with Gasteiger partial charge in [-0.1, -0.05) is 30.3 Å². The van der Waals surface area contributed by atoms with Gasteiger partial charge in [0.1, 0.15) is 18.0 Å². The molecule has 1 heterocycles. The highest BCUT2D eigenvalue weighted by molar-refractivity contribution is 5.75.